The second-order valence-corrected chi connectivity index (χ2v) is 40.9. The number of hydrogen-bond donors (Lipinski definition) is 2. The molecule has 28 unspecified atom stereocenters. The van der Waals surface area contributed by atoms with Crippen LogP contribution in [0.4, 0.5) is 0 Å². The van der Waals surface area contributed by atoms with E-state index in [1.165, 1.54) is 25.7 Å². The Labute approximate surface area is 552 Å². The van der Waals surface area contributed by atoms with Gasteiger partial charge >= 0.3 is 0 Å². The molecule has 2 heterocycles. The van der Waals surface area contributed by atoms with Crippen LogP contribution in [0.2, 0.25) is 0 Å². The molecule has 24 fully saturated rings. The lowest BCUT2D eigenvalue weighted by Crippen LogP contribution is -2.63. The van der Waals surface area contributed by atoms with Crippen LogP contribution in [0.15, 0.2) is 0 Å². The van der Waals surface area contributed by atoms with Crippen LogP contribution in [0.25, 0.3) is 0 Å². The average molecular weight is 1220 g/mol. The molecule has 0 amide bonds. The van der Waals surface area contributed by atoms with E-state index in [0.717, 1.165) is 190 Å². The van der Waals surface area contributed by atoms with E-state index in [2.05, 4.69) is 0 Å². The minimum absolute atomic E-state index is 0.615. The molecule has 0 aromatic carbocycles. The van der Waals surface area contributed by atoms with Crippen LogP contribution in [-0.2, 0) is 0 Å². The number of rotatable bonds is 0. The highest BCUT2D eigenvalue weighted by molar-refractivity contribution is 5.26. The van der Waals surface area contributed by atoms with Crippen molar-refractivity contribution in [3.63, 3.8) is 0 Å². The Morgan fingerprint density at radius 1 is 0.156 bits per heavy atom. The Hall–Kier alpha value is -0.0800. The minimum atomic E-state index is 0.615. The van der Waals surface area contributed by atoms with Crippen LogP contribution in [0, 0.1) is 187 Å². The van der Waals surface area contributed by atoms with Gasteiger partial charge in [0.2, 0.25) is 0 Å². The van der Waals surface area contributed by atoms with Crippen LogP contribution < -0.4 is 10.6 Å². The molecule has 2 saturated heterocycles. The Kier molecular flexibility index (Phi) is 14.9. The number of nitrogens with one attached hydrogen (secondary N) is 2. The molecule has 28 atom stereocenters. The highest BCUT2D eigenvalue weighted by Gasteiger charge is 2.77. The summed E-state index contributed by atoms with van der Waals surface area (Å²) in [4.78, 5) is 0. The van der Waals surface area contributed by atoms with Gasteiger partial charge in [-0.2, -0.15) is 0 Å². The molecular weight excluding hydrogens is 1080 g/mol. The van der Waals surface area contributed by atoms with Gasteiger partial charge in [-0.15, -0.1) is 0 Å². The second kappa shape index (κ2) is 22.7. The second-order valence-electron chi connectivity index (χ2n) is 40.9. The van der Waals surface area contributed by atoms with Crippen LogP contribution in [-0.4, -0.2) is 24.2 Å². The molecule has 0 radical (unpaired) electrons. The molecule has 4 spiro atoms. The van der Waals surface area contributed by atoms with E-state index in [9.17, 15) is 0 Å². The third-order valence-electron chi connectivity index (χ3n) is 40.4. The van der Waals surface area contributed by atoms with E-state index in [0.29, 0.717) is 21.7 Å². The van der Waals surface area contributed by atoms with Crippen molar-refractivity contribution >= 4 is 0 Å². The number of hydrogen-bond acceptors (Lipinski definition) is 2. The molecular formula is C88H138N2. The first-order valence-corrected chi connectivity index (χ1v) is 44.1. The van der Waals surface area contributed by atoms with Crippen molar-refractivity contribution in [1.29, 1.82) is 0 Å². The van der Waals surface area contributed by atoms with Gasteiger partial charge in [-0.1, -0.05) is 128 Å². The maximum atomic E-state index is 5.07. The maximum absolute atomic E-state index is 5.07. The molecule has 500 valence electrons. The Bertz CT molecular complexity index is 2320. The first-order valence-electron chi connectivity index (χ1n) is 44.1. The van der Waals surface area contributed by atoms with E-state index in [1.807, 2.05) is 0 Å². The predicted molar refractivity (Wildman–Crippen MR) is 369 cm³/mol. The Morgan fingerprint density at radius 3 is 0.633 bits per heavy atom. The zero-order chi connectivity index (χ0) is 58.7. The first kappa shape index (κ1) is 58.8. The lowest BCUT2D eigenvalue weighted by molar-refractivity contribution is -0.172. The van der Waals surface area contributed by atoms with Gasteiger partial charge in [0.15, 0.2) is 0 Å². The highest BCUT2D eigenvalue weighted by Crippen LogP contribution is 2.82. The summed E-state index contributed by atoms with van der Waals surface area (Å²) in [6, 6.07) is 3.43. The molecule has 22 aliphatic carbocycles. The van der Waals surface area contributed by atoms with E-state index < -0.39 is 0 Å². The summed E-state index contributed by atoms with van der Waals surface area (Å²) in [5.41, 5.74) is 2.52. The quantitative estimate of drug-likeness (QED) is 0.253. The van der Waals surface area contributed by atoms with Crippen molar-refractivity contribution < 1.29 is 0 Å². The van der Waals surface area contributed by atoms with E-state index >= 15 is 0 Å². The standard InChI is InChI=1S/C88H138N2/c1-11-31-71-59(21-1)60-22-2-12-32-72(60)85(71)53-41-45-55(46-42-53)88(77-37-17-7-27-65(77)66-28-8-18-38-78(66)88)80-52-58(50-70-68-30-10-20-40-82(68)90-84(70)80)86(73-33-13-3-23-61(73)62-24-4-14-34-74(62)86)54-43-47-56(48-44-54)87(75-35-15-5-25-63(75)64-26-6-16-36-76(64)87)79-51-57(85)49-69-67-29-9-19-39-81(67)89-83(69)79/h53-84,89-90H,1-52H2. The zero-order valence-electron chi connectivity index (χ0n) is 58.2. The summed E-state index contributed by atoms with van der Waals surface area (Å²) in [6.45, 7) is 0. The van der Waals surface area contributed by atoms with Gasteiger partial charge in [0.1, 0.15) is 0 Å². The normalized spacial score (nSPS) is 61.3. The molecule has 2 aliphatic heterocycles. The molecule has 24 rings (SSSR count). The van der Waals surface area contributed by atoms with Gasteiger partial charge in [-0.25, -0.2) is 0 Å². The third-order valence-corrected chi connectivity index (χ3v) is 40.4. The average Bonchev–Trinajstić information content (AvgIpc) is 1.45. The summed E-state index contributed by atoms with van der Waals surface area (Å²) in [6.07, 6.45) is 85.1. The van der Waals surface area contributed by atoms with Crippen molar-refractivity contribution in [2.45, 2.75) is 358 Å². The summed E-state index contributed by atoms with van der Waals surface area (Å²) in [5.74, 6) is 29.5. The van der Waals surface area contributed by atoms with Crippen LogP contribution in [0.1, 0.15) is 334 Å². The molecule has 2 heteroatoms. The van der Waals surface area contributed by atoms with Gasteiger partial charge in [-0.3, -0.25) is 0 Å². The van der Waals surface area contributed by atoms with E-state index in [-0.39, 0.29) is 0 Å². The van der Waals surface area contributed by atoms with Crippen LogP contribution >= 0.6 is 0 Å². The van der Waals surface area contributed by atoms with Gasteiger partial charge in [0, 0.05) is 24.2 Å². The Morgan fingerprint density at radius 2 is 0.367 bits per heavy atom. The van der Waals surface area contributed by atoms with Crippen LogP contribution in [0.5, 0.6) is 0 Å². The first-order chi connectivity index (χ1) is 44.6. The Balaban J connectivity index is 0.795. The summed E-state index contributed by atoms with van der Waals surface area (Å²) in [7, 11) is 0. The summed E-state index contributed by atoms with van der Waals surface area (Å²) >= 11 is 0. The smallest absolute Gasteiger partial charge is 0.0135 e. The molecule has 0 aromatic heterocycles. The van der Waals surface area contributed by atoms with Crippen molar-refractivity contribution in [1.82, 2.24) is 10.6 Å². The molecule has 0 aromatic rings. The van der Waals surface area contributed by atoms with Gasteiger partial charge in [0.25, 0.3) is 0 Å². The number of fused-ring (bicyclic) bond motifs is 18. The van der Waals surface area contributed by atoms with Crippen molar-refractivity contribution in [2.75, 3.05) is 0 Å². The lowest BCUT2D eigenvalue weighted by Gasteiger charge is -2.66. The monoisotopic (exact) mass is 1220 g/mol. The van der Waals surface area contributed by atoms with Gasteiger partial charge in [0.05, 0.1) is 0 Å². The highest BCUT2D eigenvalue weighted by atomic mass is 15.1. The third kappa shape index (κ3) is 7.90. The predicted octanol–water partition coefficient (Wildman–Crippen LogP) is 22.4. The maximum Gasteiger partial charge on any atom is 0.0135 e. The SMILES string of the molecule is C1CCC2C(C1)NC1C2CC2CC1C1(C3CCC(CC3)C3(C4CC5C6CCCCC6NC5C(C4)C4(C5CCC(CC5)C25C2CCCCC2C2CCCCC25)C2CCCCC2C2CCCCC24)C2CCCCC2C2CCCCC23)C2CCCCC2C2CCCCC21. The lowest BCUT2D eigenvalue weighted by atomic mass is 9.39. The molecule has 2 N–H and O–H groups in total. The van der Waals surface area contributed by atoms with E-state index in [1.54, 1.807) is 308 Å². The van der Waals surface area contributed by atoms with Gasteiger partial charge in [-0.05, 0) is 393 Å². The van der Waals surface area contributed by atoms with Crippen molar-refractivity contribution in [3.8, 4) is 0 Å². The summed E-state index contributed by atoms with van der Waals surface area (Å²) < 4.78 is 0. The van der Waals surface area contributed by atoms with Crippen molar-refractivity contribution in [3.05, 3.63) is 0 Å². The van der Waals surface area contributed by atoms with Crippen molar-refractivity contribution in [2.24, 2.45) is 187 Å². The molecule has 8 bridgehead atoms. The summed E-state index contributed by atoms with van der Waals surface area (Å²) in [5, 5.41) is 10.1. The van der Waals surface area contributed by atoms with Gasteiger partial charge < -0.3 is 10.6 Å². The topological polar surface area (TPSA) is 24.1 Å². The fourth-order valence-electron chi connectivity index (χ4n) is 39.7. The molecule has 90 heavy (non-hydrogen) atoms. The van der Waals surface area contributed by atoms with Crippen LogP contribution in [0.3, 0.4) is 0 Å². The molecule has 22 saturated carbocycles. The largest absolute Gasteiger partial charge is 0.310 e. The fourth-order valence-corrected chi connectivity index (χ4v) is 39.7. The molecule has 24 aliphatic rings. The minimum Gasteiger partial charge on any atom is -0.310 e. The fraction of sp³-hybridized carbons (Fsp3) is 1.00. The molecule has 2 nitrogen and oxygen atoms in total. The van der Waals surface area contributed by atoms with E-state index in [4.69, 9.17) is 10.6 Å². The zero-order valence-corrected chi connectivity index (χ0v) is 58.2.